The second-order valence-electron chi connectivity index (χ2n) is 6.93. The Hall–Kier alpha value is -2.67. The van der Waals surface area contributed by atoms with Crippen LogP contribution in [0.25, 0.3) is 10.9 Å². The van der Waals surface area contributed by atoms with E-state index in [0.717, 1.165) is 16.5 Å². The number of rotatable bonds is 5. The van der Waals surface area contributed by atoms with E-state index in [-0.39, 0.29) is 30.5 Å². The Morgan fingerprint density at radius 3 is 2.92 bits per heavy atom. The summed E-state index contributed by atoms with van der Waals surface area (Å²) >= 11 is 0. The largest absolute Gasteiger partial charge is 0.448 e. The van der Waals surface area contributed by atoms with Gasteiger partial charge in [0, 0.05) is 11.6 Å². The van der Waals surface area contributed by atoms with Gasteiger partial charge < -0.3 is 15.2 Å². The van der Waals surface area contributed by atoms with Crippen LogP contribution in [0.4, 0.5) is 4.79 Å². The van der Waals surface area contributed by atoms with Crippen molar-refractivity contribution < 1.29 is 19.4 Å². The van der Waals surface area contributed by atoms with Gasteiger partial charge in [-0.2, -0.15) is 0 Å². The number of pyridine rings is 1. The van der Waals surface area contributed by atoms with Crippen molar-refractivity contribution in [3.63, 3.8) is 0 Å². The monoisotopic (exact) mass is 355 g/mol. The molecular formula is C19H21N3O4. The van der Waals surface area contributed by atoms with E-state index in [1.165, 1.54) is 4.90 Å². The number of aromatic nitrogens is 1. The van der Waals surface area contributed by atoms with Crippen molar-refractivity contribution in [3.8, 4) is 0 Å². The van der Waals surface area contributed by atoms with Crippen LogP contribution in [0.1, 0.15) is 24.4 Å². The van der Waals surface area contributed by atoms with Crippen molar-refractivity contribution in [2.45, 2.75) is 25.0 Å². The fourth-order valence-corrected chi connectivity index (χ4v) is 3.60. The maximum atomic E-state index is 12.5. The average Bonchev–Trinajstić information content (AvgIpc) is 3.01. The summed E-state index contributed by atoms with van der Waals surface area (Å²) in [5.41, 5.74) is 1.81. The van der Waals surface area contributed by atoms with Crippen LogP contribution in [0.2, 0.25) is 0 Å². The van der Waals surface area contributed by atoms with Crippen LogP contribution in [0, 0.1) is 5.92 Å². The van der Waals surface area contributed by atoms with Crippen LogP contribution >= 0.6 is 0 Å². The molecule has 2 heterocycles. The van der Waals surface area contributed by atoms with Gasteiger partial charge in [0.2, 0.25) is 5.91 Å². The van der Waals surface area contributed by atoms with Crippen molar-refractivity contribution in [3.05, 3.63) is 42.1 Å². The standard InChI is InChI=1S/C19H21N3O4/c23-15-8-13(9-15)18(21-17(24)11-22-5-6-26-19(22)25)14-7-12-3-1-2-4-16(12)20-10-14/h1-4,7,10,13,15,18,23H,5-6,8-9,11H2,(H,21,24). The average molecular weight is 355 g/mol. The van der Waals surface area contributed by atoms with E-state index in [4.69, 9.17) is 4.74 Å². The number of amides is 2. The van der Waals surface area contributed by atoms with E-state index >= 15 is 0 Å². The van der Waals surface area contributed by atoms with Crippen molar-refractivity contribution >= 4 is 22.9 Å². The molecule has 0 radical (unpaired) electrons. The topological polar surface area (TPSA) is 91.8 Å². The van der Waals surface area contributed by atoms with Gasteiger partial charge in [-0.3, -0.25) is 14.7 Å². The number of nitrogens with one attached hydrogen (secondary N) is 1. The Kier molecular flexibility index (Phi) is 4.46. The zero-order valence-electron chi connectivity index (χ0n) is 14.3. The maximum Gasteiger partial charge on any atom is 0.410 e. The van der Waals surface area contributed by atoms with Crippen LogP contribution in [-0.2, 0) is 9.53 Å². The Bertz CT molecular complexity index is 834. The molecule has 136 valence electrons. The van der Waals surface area contributed by atoms with E-state index in [0.29, 0.717) is 26.0 Å². The Labute approximate surface area is 151 Å². The first-order valence-electron chi connectivity index (χ1n) is 8.84. The molecule has 7 heteroatoms. The van der Waals surface area contributed by atoms with Gasteiger partial charge in [-0.25, -0.2) is 4.79 Å². The molecule has 1 atom stereocenters. The second kappa shape index (κ2) is 6.92. The number of nitrogens with zero attached hydrogens (tertiary/aromatic N) is 2. The van der Waals surface area contributed by atoms with Crippen LogP contribution < -0.4 is 5.32 Å². The molecule has 4 rings (SSSR count). The highest BCUT2D eigenvalue weighted by molar-refractivity contribution is 5.83. The molecule has 1 unspecified atom stereocenters. The lowest BCUT2D eigenvalue weighted by molar-refractivity contribution is -0.123. The molecule has 26 heavy (non-hydrogen) atoms. The van der Waals surface area contributed by atoms with Gasteiger partial charge in [-0.15, -0.1) is 0 Å². The Morgan fingerprint density at radius 2 is 2.19 bits per heavy atom. The summed E-state index contributed by atoms with van der Waals surface area (Å²) < 4.78 is 4.86. The normalized spacial score (nSPS) is 23.4. The van der Waals surface area contributed by atoms with E-state index < -0.39 is 6.09 Å². The molecule has 1 aromatic carbocycles. The van der Waals surface area contributed by atoms with E-state index in [1.54, 1.807) is 6.20 Å². The molecule has 0 spiro atoms. The van der Waals surface area contributed by atoms with Crippen LogP contribution in [0.3, 0.4) is 0 Å². The highest BCUT2D eigenvalue weighted by Crippen LogP contribution is 2.38. The van der Waals surface area contributed by atoms with E-state index in [1.807, 2.05) is 30.3 Å². The molecule has 1 saturated carbocycles. The van der Waals surface area contributed by atoms with Crippen molar-refractivity contribution in [2.75, 3.05) is 19.7 Å². The van der Waals surface area contributed by atoms with Crippen LogP contribution in [0.5, 0.6) is 0 Å². The number of aliphatic hydroxyl groups is 1. The first-order valence-corrected chi connectivity index (χ1v) is 8.84. The zero-order chi connectivity index (χ0) is 18.1. The van der Waals surface area contributed by atoms with Gasteiger partial charge in [0.25, 0.3) is 0 Å². The maximum absolute atomic E-state index is 12.5. The number of carbonyl (C=O) groups is 2. The van der Waals surface area contributed by atoms with Gasteiger partial charge in [0.05, 0.1) is 24.2 Å². The minimum Gasteiger partial charge on any atom is -0.448 e. The summed E-state index contributed by atoms with van der Waals surface area (Å²) in [5.74, 6) is -0.0779. The van der Waals surface area contributed by atoms with Crippen molar-refractivity contribution in [2.24, 2.45) is 5.92 Å². The number of hydrogen-bond donors (Lipinski definition) is 2. The third kappa shape index (κ3) is 3.35. The lowest BCUT2D eigenvalue weighted by atomic mass is 9.75. The summed E-state index contributed by atoms with van der Waals surface area (Å²) in [4.78, 5) is 29.9. The Balaban J connectivity index is 1.53. The third-order valence-electron chi connectivity index (χ3n) is 5.09. The lowest BCUT2D eigenvalue weighted by Gasteiger charge is -2.38. The highest BCUT2D eigenvalue weighted by atomic mass is 16.6. The SMILES string of the molecule is O=C(CN1CCOC1=O)NC(c1cnc2ccccc2c1)C1CC(O)C1. The summed E-state index contributed by atoms with van der Waals surface area (Å²) in [5, 5.41) is 13.7. The van der Waals surface area contributed by atoms with E-state index in [9.17, 15) is 14.7 Å². The number of aliphatic hydroxyl groups excluding tert-OH is 1. The van der Waals surface area contributed by atoms with Crippen molar-refractivity contribution in [1.82, 2.24) is 15.2 Å². The van der Waals surface area contributed by atoms with Crippen LogP contribution in [0.15, 0.2) is 36.5 Å². The Morgan fingerprint density at radius 1 is 1.38 bits per heavy atom. The first-order chi connectivity index (χ1) is 12.6. The molecule has 1 aliphatic carbocycles. The molecule has 0 bridgehead atoms. The summed E-state index contributed by atoms with van der Waals surface area (Å²) in [6.07, 6.45) is 2.29. The van der Waals surface area contributed by atoms with Gasteiger partial charge in [-0.1, -0.05) is 18.2 Å². The first kappa shape index (κ1) is 16.8. The van der Waals surface area contributed by atoms with E-state index in [2.05, 4.69) is 10.3 Å². The number of carbonyl (C=O) groups excluding carboxylic acids is 2. The lowest BCUT2D eigenvalue weighted by Crippen LogP contribution is -2.45. The molecule has 2 N–H and O–H groups in total. The number of hydrogen-bond acceptors (Lipinski definition) is 5. The molecular weight excluding hydrogens is 334 g/mol. The second-order valence-corrected chi connectivity index (χ2v) is 6.93. The molecule has 1 saturated heterocycles. The number of fused-ring (bicyclic) bond motifs is 1. The molecule has 2 aromatic rings. The minimum atomic E-state index is -0.455. The minimum absolute atomic E-state index is 0.0222. The highest BCUT2D eigenvalue weighted by Gasteiger charge is 2.36. The quantitative estimate of drug-likeness (QED) is 0.850. The number of ether oxygens (including phenoxy) is 1. The van der Waals surface area contributed by atoms with Gasteiger partial charge in [-0.05, 0) is 36.5 Å². The fourth-order valence-electron chi connectivity index (χ4n) is 3.60. The number of cyclic esters (lactones) is 1. The molecule has 2 amide bonds. The molecule has 2 fully saturated rings. The number of benzene rings is 1. The van der Waals surface area contributed by atoms with Crippen LogP contribution in [-0.4, -0.2) is 52.8 Å². The fraction of sp³-hybridized carbons (Fsp3) is 0.421. The predicted molar refractivity (Wildman–Crippen MR) is 94.3 cm³/mol. The van der Waals surface area contributed by atoms with Crippen molar-refractivity contribution in [1.29, 1.82) is 0 Å². The molecule has 1 aliphatic heterocycles. The smallest absolute Gasteiger partial charge is 0.410 e. The van der Waals surface area contributed by atoms with Gasteiger partial charge in [0.15, 0.2) is 0 Å². The predicted octanol–water partition coefficient (Wildman–Crippen LogP) is 1.62. The number of para-hydroxylation sites is 1. The summed E-state index contributed by atoms with van der Waals surface area (Å²) in [6.45, 7) is 0.723. The summed E-state index contributed by atoms with van der Waals surface area (Å²) in [6, 6.07) is 9.61. The molecule has 7 nitrogen and oxygen atoms in total. The zero-order valence-corrected chi connectivity index (χ0v) is 14.3. The third-order valence-corrected chi connectivity index (χ3v) is 5.09. The summed E-state index contributed by atoms with van der Waals surface area (Å²) in [7, 11) is 0. The van der Waals surface area contributed by atoms with Gasteiger partial charge >= 0.3 is 6.09 Å². The van der Waals surface area contributed by atoms with Gasteiger partial charge in [0.1, 0.15) is 13.2 Å². The molecule has 1 aromatic heterocycles. The molecule has 2 aliphatic rings.